The molecular weight excluding hydrogens is 350 g/mol. The van der Waals surface area contributed by atoms with Crippen LogP contribution in [0.15, 0.2) is 36.5 Å². The predicted molar refractivity (Wildman–Crippen MR) is 83.8 cm³/mol. The zero-order valence-corrected chi connectivity index (χ0v) is 13.8. The molecule has 2 nitrogen and oxygen atoms in total. The summed E-state index contributed by atoms with van der Waals surface area (Å²) in [5.74, 6) is -1.37. The fraction of sp³-hybridized carbons (Fsp3) is 0.312. The molecule has 0 bridgehead atoms. The smallest absolute Gasteiger partial charge is 0.376 e. The molecule has 0 aliphatic carbocycles. The Balaban J connectivity index is 2.66. The molecule has 1 aromatic carbocycles. The highest BCUT2D eigenvalue weighted by Gasteiger charge is 2.59. The van der Waals surface area contributed by atoms with E-state index < -0.39 is 17.7 Å². The molecule has 23 heavy (non-hydrogen) atoms. The van der Waals surface area contributed by atoms with Gasteiger partial charge in [0, 0.05) is 27.9 Å². The summed E-state index contributed by atoms with van der Waals surface area (Å²) in [7, 11) is 0. The Bertz CT molecular complexity index is 721. The number of rotatable bonds is 3. The predicted octanol–water partition coefficient (Wildman–Crippen LogP) is 5.25. The number of halogens is 5. The summed E-state index contributed by atoms with van der Waals surface area (Å²) in [5.41, 5.74) is -2.92. The van der Waals surface area contributed by atoms with Gasteiger partial charge in [-0.05, 0) is 48.4 Å². The average molecular weight is 364 g/mol. The SMILES string of the molecule is Cc1cc(C(O)(C(C)c2cc(Cl)ccc2Cl)C(F)(F)F)ccn1. The molecule has 0 spiro atoms. The maximum absolute atomic E-state index is 13.7. The minimum Gasteiger partial charge on any atom is -0.376 e. The molecule has 2 unspecified atom stereocenters. The van der Waals surface area contributed by atoms with Crippen molar-refractivity contribution in [1.82, 2.24) is 4.98 Å². The summed E-state index contributed by atoms with van der Waals surface area (Å²) in [6.45, 7) is 2.82. The Hall–Kier alpha value is -1.30. The van der Waals surface area contributed by atoms with Crippen LogP contribution in [0.5, 0.6) is 0 Å². The van der Waals surface area contributed by atoms with Crippen LogP contribution >= 0.6 is 23.2 Å². The highest BCUT2D eigenvalue weighted by Crippen LogP contribution is 2.49. The maximum atomic E-state index is 13.7. The van der Waals surface area contributed by atoms with E-state index in [9.17, 15) is 18.3 Å². The van der Waals surface area contributed by atoms with Crippen molar-refractivity contribution in [3.05, 3.63) is 63.4 Å². The highest BCUT2D eigenvalue weighted by atomic mass is 35.5. The Labute approximate surface area is 141 Å². The van der Waals surface area contributed by atoms with Crippen LogP contribution in [0.3, 0.4) is 0 Å². The second kappa shape index (κ2) is 6.30. The second-order valence-electron chi connectivity index (χ2n) is 5.34. The standard InChI is InChI=1S/C16H14Cl2F3NO/c1-9-7-11(5-6-22-9)15(23,16(19,20)21)10(2)13-8-12(17)3-4-14(13)18/h3-8,10,23H,1-2H3. The van der Waals surface area contributed by atoms with E-state index >= 15 is 0 Å². The Morgan fingerprint density at radius 2 is 1.78 bits per heavy atom. The van der Waals surface area contributed by atoms with Crippen LogP contribution in [0.4, 0.5) is 13.2 Å². The van der Waals surface area contributed by atoms with Crippen molar-refractivity contribution in [2.24, 2.45) is 0 Å². The molecule has 2 rings (SSSR count). The summed E-state index contributed by atoms with van der Waals surface area (Å²) in [4.78, 5) is 3.87. The Morgan fingerprint density at radius 1 is 1.13 bits per heavy atom. The van der Waals surface area contributed by atoms with E-state index in [-0.39, 0.29) is 21.2 Å². The van der Waals surface area contributed by atoms with Gasteiger partial charge in [-0.1, -0.05) is 30.1 Å². The lowest BCUT2D eigenvalue weighted by molar-refractivity contribution is -0.274. The lowest BCUT2D eigenvalue weighted by Gasteiger charge is -2.37. The van der Waals surface area contributed by atoms with Crippen LogP contribution in [0.25, 0.3) is 0 Å². The number of benzene rings is 1. The summed E-state index contributed by atoms with van der Waals surface area (Å²) < 4.78 is 41.2. The van der Waals surface area contributed by atoms with Crippen molar-refractivity contribution in [3.8, 4) is 0 Å². The third-order valence-corrected chi connectivity index (χ3v) is 4.40. The van der Waals surface area contributed by atoms with Crippen molar-refractivity contribution in [3.63, 3.8) is 0 Å². The van der Waals surface area contributed by atoms with Gasteiger partial charge in [0.05, 0.1) is 0 Å². The van der Waals surface area contributed by atoms with Crippen LogP contribution in [-0.4, -0.2) is 16.3 Å². The molecule has 0 fully saturated rings. The first-order valence-corrected chi connectivity index (χ1v) is 7.50. The van der Waals surface area contributed by atoms with Crippen molar-refractivity contribution >= 4 is 23.2 Å². The molecular formula is C16H14Cl2F3NO. The number of hydrogen-bond acceptors (Lipinski definition) is 2. The molecule has 1 N–H and O–H groups in total. The van der Waals surface area contributed by atoms with E-state index in [1.165, 1.54) is 37.4 Å². The molecule has 0 aliphatic rings. The molecule has 124 valence electrons. The Morgan fingerprint density at radius 3 is 2.35 bits per heavy atom. The Kier molecular flexibility index (Phi) is 4.95. The zero-order chi connectivity index (χ0) is 17.4. The van der Waals surface area contributed by atoms with E-state index in [1.54, 1.807) is 6.92 Å². The van der Waals surface area contributed by atoms with Gasteiger partial charge in [-0.3, -0.25) is 4.98 Å². The largest absolute Gasteiger partial charge is 0.422 e. The van der Waals surface area contributed by atoms with Gasteiger partial charge in [-0.15, -0.1) is 0 Å². The molecule has 0 radical (unpaired) electrons. The molecule has 0 amide bonds. The molecule has 7 heteroatoms. The van der Waals surface area contributed by atoms with Gasteiger partial charge in [0.2, 0.25) is 0 Å². The van der Waals surface area contributed by atoms with E-state index in [0.29, 0.717) is 5.69 Å². The lowest BCUT2D eigenvalue weighted by Crippen LogP contribution is -2.46. The third-order valence-electron chi connectivity index (χ3n) is 3.82. The van der Waals surface area contributed by atoms with Crippen LogP contribution in [0, 0.1) is 6.92 Å². The van der Waals surface area contributed by atoms with E-state index in [0.717, 1.165) is 6.07 Å². The fourth-order valence-corrected chi connectivity index (χ4v) is 2.98. The molecule has 0 saturated carbocycles. The molecule has 1 aromatic heterocycles. The fourth-order valence-electron chi connectivity index (χ4n) is 2.51. The third kappa shape index (κ3) is 3.32. The second-order valence-corrected chi connectivity index (χ2v) is 6.18. The van der Waals surface area contributed by atoms with Gasteiger partial charge in [0.15, 0.2) is 5.60 Å². The van der Waals surface area contributed by atoms with E-state index in [1.807, 2.05) is 0 Å². The van der Waals surface area contributed by atoms with Crippen LogP contribution in [-0.2, 0) is 5.60 Å². The van der Waals surface area contributed by atoms with Gasteiger partial charge in [0.25, 0.3) is 0 Å². The van der Waals surface area contributed by atoms with Crippen LogP contribution in [0.2, 0.25) is 10.0 Å². The maximum Gasteiger partial charge on any atom is 0.422 e. The first-order valence-electron chi connectivity index (χ1n) is 6.74. The topological polar surface area (TPSA) is 33.1 Å². The van der Waals surface area contributed by atoms with Crippen LogP contribution in [0.1, 0.15) is 29.7 Å². The first kappa shape index (κ1) is 18.0. The quantitative estimate of drug-likeness (QED) is 0.807. The van der Waals surface area contributed by atoms with Crippen molar-refractivity contribution in [1.29, 1.82) is 0 Å². The van der Waals surface area contributed by atoms with Gasteiger partial charge in [-0.25, -0.2) is 0 Å². The molecule has 1 heterocycles. The summed E-state index contributed by atoms with van der Waals surface area (Å²) in [6.07, 6.45) is -3.68. The summed E-state index contributed by atoms with van der Waals surface area (Å²) >= 11 is 11.9. The van der Waals surface area contributed by atoms with E-state index in [2.05, 4.69) is 4.98 Å². The first-order chi connectivity index (χ1) is 10.6. The highest BCUT2D eigenvalue weighted by molar-refractivity contribution is 6.33. The van der Waals surface area contributed by atoms with Gasteiger partial charge >= 0.3 is 6.18 Å². The number of aromatic nitrogens is 1. The van der Waals surface area contributed by atoms with Crippen molar-refractivity contribution in [2.45, 2.75) is 31.5 Å². The minimum atomic E-state index is -4.91. The number of nitrogens with zero attached hydrogens (tertiary/aromatic N) is 1. The average Bonchev–Trinajstić information content (AvgIpc) is 2.47. The molecule has 2 aromatic rings. The molecule has 0 aliphatic heterocycles. The molecule has 0 saturated heterocycles. The lowest BCUT2D eigenvalue weighted by atomic mass is 9.78. The summed E-state index contributed by atoms with van der Waals surface area (Å²) in [6, 6.07) is 6.57. The number of alkyl halides is 3. The number of aryl methyl sites for hydroxylation is 1. The van der Waals surface area contributed by atoms with Gasteiger partial charge in [-0.2, -0.15) is 13.2 Å². The van der Waals surface area contributed by atoms with Crippen molar-refractivity contribution in [2.75, 3.05) is 0 Å². The minimum absolute atomic E-state index is 0.107. The number of hydrogen-bond donors (Lipinski definition) is 1. The number of pyridine rings is 1. The summed E-state index contributed by atoms with van der Waals surface area (Å²) in [5, 5.41) is 11.0. The van der Waals surface area contributed by atoms with Gasteiger partial charge < -0.3 is 5.11 Å². The normalized spacial score (nSPS) is 16.0. The zero-order valence-electron chi connectivity index (χ0n) is 12.3. The molecule has 2 atom stereocenters. The van der Waals surface area contributed by atoms with Crippen molar-refractivity contribution < 1.29 is 18.3 Å². The monoisotopic (exact) mass is 363 g/mol. The van der Waals surface area contributed by atoms with Crippen LogP contribution < -0.4 is 0 Å². The number of aliphatic hydroxyl groups is 1. The van der Waals surface area contributed by atoms with Gasteiger partial charge in [0.1, 0.15) is 0 Å². The van der Waals surface area contributed by atoms with E-state index in [4.69, 9.17) is 23.2 Å².